The van der Waals surface area contributed by atoms with E-state index in [9.17, 15) is 24.4 Å². The van der Waals surface area contributed by atoms with Crippen LogP contribution in [0, 0.1) is 13.8 Å². The van der Waals surface area contributed by atoms with Crippen LogP contribution in [0.3, 0.4) is 0 Å². The van der Waals surface area contributed by atoms with Gasteiger partial charge in [-0.25, -0.2) is 14.6 Å². The van der Waals surface area contributed by atoms with Gasteiger partial charge in [-0.1, -0.05) is 52.7 Å². The quantitative estimate of drug-likeness (QED) is 0.0577. The van der Waals surface area contributed by atoms with Gasteiger partial charge in [0.1, 0.15) is 0 Å². The highest BCUT2D eigenvalue weighted by atomic mass is 16.5. The summed E-state index contributed by atoms with van der Waals surface area (Å²) in [5, 5.41) is 21.3. The highest BCUT2D eigenvalue weighted by Gasteiger charge is 2.15. The van der Waals surface area contributed by atoms with Crippen molar-refractivity contribution in [3.05, 3.63) is 119 Å². The molecular weight excluding hydrogens is 496 g/mol. The SMILES string of the molecule is Cc1cccc(-c2nc3[nH]c(=O)[nH]c(=O)c3n2O)c1.Cc1cccc(/C(N)=N\O)c1.O=c1cc[nH]c(=O)[nH]1. The van der Waals surface area contributed by atoms with Gasteiger partial charge >= 0.3 is 11.4 Å². The highest BCUT2D eigenvalue weighted by Crippen LogP contribution is 2.20. The van der Waals surface area contributed by atoms with Gasteiger partial charge in [-0.05, 0) is 26.0 Å². The van der Waals surface area contributed by atoms with Crippen molar-refractivity contribution in [2.75, 3.05) is 0 Å². The molecule has 3 aromatic heterocycles. The number of hydrogen-bond acceptors (Lipinski definition) is 8. The van der Waals surface area contributed by atoms with Crippen LogP contribution in [-0.2, 0) is 0 Å². The molecule has 14 heteroatoms. The molecule has 0 spiro atoms. The molecule has 14 nitrogen and oxygen atoms in total. The summed E-state index contributed by atoms with van der Waals surface area (Å²) >= 11 is 0. The van der Waals surface area contributed by atoms with Crippen LogP contribution in [-0.4, -0.2) is 45.9 Å². The van der Waals surface area contributed by atoms with Crippen molar-refractivity contribution in [3.8, 4) is 11.4 Å². The third-order valence-electron chi connectivity index (χ3n) is 4.91. The second kappa shape index (κ2) is 11.9. The molecule has 38 heavy (non-hydrogen) atoms. The number of nitrogens with zero attached hydrogens (tertiary/aromatic N) is 3. The lowest BCUT2D eigenvalue weighted by Gasteiger charge is -2.01. The van der Waals surface area contributed by atoms with Crippen LogP contribution in [0.4, 0.5) is 0 Å². The van der Waals surface area contributed by atoms with E-state index in [0.29, 0.717) is 10.3 Å². The predicted octanol–water partition coefficient (Wildman–Crippen LogP) is 0.778. The molecule has 0 saturated carbocycles. The number of fused-ring (bicyclic) bond motifs is 1. The van der Waals surface area contributed by atoms with Gasteiger partial charge in [-0.15, -0.1) is 0 Å². The fourth-order valence-electron chi connectivity index (χ4n) is 3.22. The van der Waals surface area contributed by atoms with E-state index in [-0.39, 0.29) is 28.4 Å². The molecular formula is C24H24N8O6. The summed E-state index contributed by atoms with van der Waals surface area (Å²) < 4.78 is 0.679. The zero-order chi connectivity index (χ0) is 27.8. The number of amidine groups is 1. The molecule has 0 saturated heterocycles. The topological polar surface area (TPSA) is 228 Å². The first kappa shape index (κ1) is 26.9. The second-order valence-electron chi connectivity index (χ2n) is 7.87. The third-order valence-corrected chi connectivity index (χ3v) is 4.91. The largest absolute Gasteiger partial charge is 0.426 e. The molecule has 3 heterocycles. The van der Waals surface area contributed by atoms with Crippen molar-refractivity contribution in [3.63, 3.8) is 0 Å². The second-order valence-corrected chi connectivity index (χ2v) is 7.87. The number of imidazole rings is 1. The Labute approximate surface area is 212 Å². The molecule has 0 bridgehead atoms. The average Bonchev–Trinajstić information content (AvgIpc) is 3.20. The van der Waals surface area contributed by atoms with E-state index in [2.05, 4.69) is 20.1 Å². The summed E-state index contributed by atoms with van der Waals surface area (Å²) in [5.74, 6) is 0.347. The Bertz CT molecular complexity index is 1800. The van der Waals surface area contributed by atoms with Crippen molar-refractivity contribution >= 4 is 17.0 Å². The van der Waals surface area contributed by atoms with Crippen LogP contribution in [0.25, 0.3) is 22.6 Å². The van der Waals surface area contributed by atoms with E-state index in [1.165, 1.54) is 12.3 Å². The number of hydrogen-bond donors (Lipinski definition) is 7. The van der Waals surface area contributed by atoms with Gasteiger partial charge in [0, 0.05) is 23.4 Å². The maximum atomic E-state index is 11.6. The summed E-state index contributed by atoms with van der Waals surface area (Å²) in [6, 6.07) is 16.0. The average molecular weight is 521 g/mol. The number of oxime groups is 1. The molecule has 0 radical (unpaired) electrons. The minimum absolute atomic E-state index is 0.0488. The molecule has 196 valence electrons. The number of aromatic amines is 4. The van der Waals surface area contributed by atoms with Crippen LogP contribution in [0.1, 0.15) is 16.7 Å². The molecule has 0 aliphatic carbocycles. The fourth-order valence-corrected chi connectivity index (χ4v) is 3.22. The van der Waals surface area contributed by atoms with Gasteiger partial charge in [0.15, 0.2) is 22.8 Å². The van der Waals surface area contributed by atoms with E-state index in [1.807, 2.05) is 60.2 Å². The normalized spacial score (nSPS) is 10.7. The first-order chi connectivity index (χ1) is 18.1. The van der Waals surface area contributed by atoms with E-state index < -0.39 is 16.9 Å². The van der Waals surface area contributed by atoms with Gasteiger partial charge in [-0.2, -0.15) is 4.73 Å². The number of nitrogens with one attached hydrogen (secondary N) is 4. The molecule has 0 amide bonds. The summed E-state index contributed by atoms with van der Waals surface area (Å²) in [6.45, 7) is 3.86. The van der Waals surface area contributed by atoms with Gasteiger partial charge in [0.2, 0.25) is 0 Å². The Kier molecular flexibility index (Phi) is 8.40. The fraction of sp³-hybridized carbons (Fsp3) is 0.0833. The van der Waals surface area contributed by atoms with Crippen molar-refractivity contribution in [1.29, 1.82) is 0 Å². The Morgan fingerprint density at radius 3 is 2.18 bits per heavy atom. The van der Waals surface area contributed by atoms with Gasteiger partial charge in [0.25, 0.3) is 11.1 Å². The predicted molar refractivity (Wildman–Crippen MR) is 140 cm³/mol. The molecule has 0 fully saturated rings. The molecule has 0 aliphatic rings. The standard InChI is InChI=1S/C12H10N4O3.C8H10N2O.C4H4N2O2/c1-6-3-2-4-7(5-6)10-13-9-8(16(10)19)11(17)15-12(18)14-9;1-6-3-2-4-7(5-6)8(9)10-11;7-3-1-2-5-4(8)6-3/h2-5,19H,1H3,(H2,14,15,17,18);2-5,11H,1H3,(H2,9,10);1-2H,(H2,5,6,7,8). The molecule has 8 N–H and O–H groups in total. The van der Waals surface area contributed by atoms with Crippen molar-refractivity contribution < 1.29 is 10.4 Å². The lowest BCUT2D eigenvalue weighted by atomic mass is 10.1. The zero-order valence-corrected chi connectivity index (χ0v) is 20.2. The Balaban J connectivity index is 0.000000178. The van der Waals surface area contributed by atoms with Crippen molar-refractivity contribution in [2.45, 2.75) is 13.8 Å². The maximum absolute atomic E-state index is 11.6. The Morgan fingerprint density at radius 1 is 0.921 bits per heavy atom. The molecule has 2 aromatic carbocycles. The van der Waals surface area contributed by atoms with Crippen LogP contribution in [0.2, 0.25) is 0 Å². The van der Waals surface area contributed by atoms with Crippen LogP contribution in [0.15, 0.2) is 85.1 Å². The van der Waals surface area contributed by atoms with Crippen LogP contribution in [0.5, 0.6) is 0 Å². The minimum atomic E-state index is -0.687. The van der Waals surface area contributed by atoms with Gasteiger partial charge in [0.05, 0.1) is 0 Å². The number of benzene rings is 2. The van der Waals surface area contributed by atoms with Gasteiger partial charge < -0.3 is 21.1 Å². The van der Waals surface area contributed by atoms with E-state index in [0.717, 1.165) is 16.7 Å². The monoisotopic (exact) mass is 520 g/mol. The first-order valence-electron chi connectivity index (χ1n) is 10.9. The number of H-pyrrole nitrogens is 4. The molecule has 0 aliphatic heterocycles. The van der Waals surface area contributed by atoms with E-state index in [1.54, 1.807) is 12.1 Å². The molecule has 0 unspecified atom stereocenters. The van der Waals surface area contributed by atoms with E-state index >= 15 is 0 Å². The first-order valence-corrected chi connectivity index (χ1v) is 10.9. The van der Waals surface area contributed by atoms with E-state index in [4.69, 9.17) is 10.9 Å². The minimum Gasteiger partial charge on any atom is -0.426 e. The van der Waals surface area contributed by atoms with Gasteiger partial charge in [-0.3, -0.25) is 24.5 Å². The Hall–Kier alpha value is -5.66. The molecule has 5 rings (SSSR count). The van der Waals surface area contributed by atoms with Crippen molar-refractivity contribution in [2.24, 2.45) is 10.9 Å². The summed E-state index contributed by atoms with van der Waals surface area (Å²) in [4.78, 5) is 56.0. The number of rotatable bonds is 2. The number of aryl methyl sites for hydroxylation is 2. The van der Waals surface area contributed by atoms with Crippen molar-refractivity contribution in [1.82, 2.24) is 29.7 Å². The lowest BCUT2D eigenvalue weighted by molar-refractivity contribution is 0.202. The maximum Gasteiger partial charge on any atom is 0.327 e. The molecule has 5 aromatic rings. The summed E-state index contributed by atoms with van der Waals surface area (Å²) in [5.41, 5.74) is 6.60. The summed E-state index contributed by atoms with van der Waals surface area (Å²) in [6.07, 6.45) is 1.29. The zero-order valence-electron chi connectivity index (χ0n) is 20.2. The summed E-state index contributed by atoms with van der Waals surface area (Å²) in [7, 11) is 0. The Morgan fingerprint density at radius 2 is 1.61 bits per heavy atom. The van der Waals surface area contributed by atoms with Crippen LogP contribution < -0.4 is 28.2 Å². The number of nitrogens with two attached hydrogens (primary N) is 1. The number of aromatic nitrogens is 6. The van der Waals surface area contributed by atoms with Crippen LogP contribution >= 0.6 is 0 Å². The smallest absolute Gasteiger partial charge is 0.327 e. The third kappa shape index (κ3) is 6.72. The highest BCUT2D eigenvalue weighted by molar-refractivity contribution is 5.97. The lowest BCUT2D eigenvalue weighted by Crippen LogP contribution is -2.23. The molecule has 0 atom stereocenters.